The number of benzene rings is 1. The second-order valence-electron chi connectivity index (χ2n) is 3.08. The molecule has 1 rings (SSSR count). The van der Waals surface area contributed by atoms with Crippen LogP contribution in [0.25, 0.3) is 0 Å². The number of likely N-dealkylation sites (N-methyl/N-ethyl adjacent to an activating group) is 1. The van der Waals surface area contributed by atoms with Gasteiger partial charge in [-0.05, 0) is 19.7 Å². The largest absolute Gasteiger partial charge is 0.304 e. The lowest BCUT2D eigenvalue weighted by atomic mass is 10.1. The number of nitrogens with one attached hydrogen (secondary N) is 1. The molecule has 1 aromatic carbocycles. The SMILES string of the molecule is CN(C)CC(=N)c1ccccc1. The molecule has 2 nitrogen and oxygen atoms in total. The maximum Gasteiger partial charge on any atom is 0.0526 e. The Bertz CT molecular complexity index is 252. The van der Waals surface area contributed by atoms with Crippen LogP contribution in [0.1, 0.15) is 5.56 Å². The highest BCUT2D eigenvalue weighted by atomic mass is 15.1. The van der Waals surface area contributed by atoms with Gasteiger partial charge in [-0.3, -0.25) is 0 Å². The van der Waals surface area contributed by atoms with Crippen LogP contribution in [0.4, 0.5) is 0 Å². The van der Waals surface area contributed by atoms with Crippen LogP contribution in [0, 0.1) is 5.41 Å². The van der Waals surface area contributed by atoms with Crippen LogP contribution in [0.2, 0.25) is 0 Å². The van der Waals surface area contributed by atoms with Crippen LogP contribution in [-0.4, -0.2) is 31.3 Å². The second-order valence-corrected chi connectivity index (χ2v) is 3.08. The predicted octanol–water partition coefficient (Wildman–Crippen LogP) is 1.62. The van der Waals surface area contributed by atoms with Gasteiger partial charge in [-0.1, -0.05) is 30.3 Å². The smallest absolute Gasteiger partial charge is 0.0526 e. The molecule has 12 heavy (non-hydrogen) atoms. The Morgan fingerprint density at radius 1 is 1.25 bits per heavy atom. The van der Waals surface area contributed by atoms with Gasteiger partial charge in [-0.2, -0.15) is 0 Å². The van der Waals surface area contributed by atoms with Crippen LogP contribution in [0.5, 0.6) is 0 Å². The summed E-state index contributed by atoms with van der Waals surface area (Å²) in [4.78, 5) is 2.00. The monoisotopic (exact) mass is 162 g/mol. The normalized spacial score (nSPS) is 10.2. The summed E-state index contributed by atoms with van der Waals surface area (Å²) in [5.41, 5.74) is 1.67. The molecule has 0 unspecified atom stereocenters. The first kappa shape index (κ1) is 8.94. The van der Waals surface area contributed by atoms with Crippen molar-refractivity contribution in [3.63, 3.8) is 0 Å². The third-order valence-electron chi connectivity index (χ3n) is 1.60. The number of rotatable bonds is 3. The third kappa shape index (κ3) is 2.47. The lowest BCUT2D eigenvalue weighted by molar-refractivity contribution is 0.469. The first-order chi connectivity index (χ1) is 5.70. The van der Waals surface area contributed by atoms with Crippen molar-refractivity contribution in [1.82, 2.24) is 4.90 Å². The Labute approximate surface area is 73.3 Å². The Kier molecular flexibility index (Phi) is 3.00. The van der Waals surface area contributed by atoms with E-state index in [4.69, 9.17) is 5.41 Å². The van der Waals surface area contributed by atoms with Crippen molar-refractivity contribution >= 4 is 5.71 Å². The molecule has 0 saturated carbocycles. The summed E-state index contributed by atoms with van der Waals surface area (Å²) in [6.45, 7) is 0.698. The molecule has 0 aromatic heterocycles. The molecule has 0 aliphatic rings. The zero-order valence-electron chi connectivity index (χ0n) is 7.54. The lowest BCUT2D eigenvalue weighted by Crippen LogP contribution is -2.21. The van der Waals surface area contributed by atoms with Gasteiger partial charge < -0.3 is 10.3 Å². The number of nitrogens with zero attached hydrogens (tertiary/aromatic N) is 1. The van der Waals surface area contributed by atoms with E-state index in [2.05, 4.69) is 0 Å². The molecule has 1 aromatic rings. The van der Waals surface area contributed by atoms with Gasteiger partial charge in [0.1, 0.15) is 0 Å². The molecule has 0 aliphatic heterocycles. The van der Waals surface area contributed by atoms with Crippen LogP contribution in [0.3, 0.4) is 0 Å². The van der Waals surface area contributed by atoms with E-state index in [0.717, 1.165) is 5.56 Å². The molecule has 0 amide bonds. The molecule has 0 radical (unpaired) electrons. The average molecular weight is 162 g/mol. The van der Waals surface area contributed by atoms with E-state index in [1.165, 1.54) is 0 Å². The maximum absolute atomic E-state index is 7.72. The minimum absolute atomic E-state index is 0.667. The summed E-state index contributed by atoms with van der Waals surface area (Å²) in [5.74, 6) is 0. The van der Waals surface area contributed by atoms with E-state index in [1.807, 2.05) is 49.3 Å². The first-order valence-electron chi connectivity index (χ1n) is 3.97. The highest BCUT2D eigenvalue weighted by Gasteiger charge is 2.00. The lowest BCUT2D eigenvalue weighted by Gasteiger charge is -2.10. The molecule has 0 fully saturated rings. The molecular weight excluding hydrogens is 148 g/mol. The van der Waals surface area contributed by atoms with Gasteiger partial charge in [0.2, 0.25) is 0 Å². The van der Waals surface area contributed by atoms with Crippen molar-refractivity contribution in [2.45, 2.75) is 0 Å². The Morgan fingerprint density at radius 2 is 1.83 bits per heavy atom. The van der Waals surface area contributed by atoms with Gasteiger partial charge in [0.25, 0.3) is 0 Å². The summed E-state index contributed by atoms with van der Waals surface area (Å²) in [5, 5.41) is 7.72. The van der Waals surface area contributed by atoms with Crippen molar-refractivity contribution in [2.24, 2.45) is 0 Å². The fraction of sp³-hybridized carbons (Fsp3) is 0.300. The minimum Gasteiger partial charge on any atom is -0.304 e. The van der Waals surface area contributed by atoms with E-state index < -0.39 is 0 Å². The first-order valence-corrected chi connectivity index (χ1v) is 3.97. The predicted molar refractivity (Wildman–Crippen MR) is 51.8 cm³/mol. The van der Waals surface area contributed by atoms with Crippen LogP contribution in [-0.2, 0) is 0 Å². The zero-order chi connectivity index (χ0) is 8.97. The Balaban J connectivity index is 2.66. The second kappa shape index (κ2) is 4.02. The molecule has 0 saturated heterocycles. The van der Waals surface area contributed by atoms with Gasteiger partial charge >= 0.3 is 0 Å². The number of hydrogen-bond donors (Lipinski definition) is 1. The molecule has 64 valence electrons. The van der Waals surface area contributed by atoms with Gasteiger partial charge in [-0.25, -0.2) is 0 Å². The average Bonchev–Trinajstić information content (AvgIpc) is 2.05. The highest BCUT2D eigenvalue weighted by Crippen LogP contribution is 1.99. The molecular formula is C10H14N2. The van der Waals surface area contributed by atoms with Gasteiger partial charge in [0, 0.05) is 6.54 Å². The topological polar surface area (TPSA) is 27.1 Å². The fourth-order valence-corrected chi connectivity index (χ4v) is 1.05. The highest BCUT2D eigenvalue weighted by molar-refractivity contribution is 5.99. The van der Waals surface area contributed by atoms with E-state index in [-0.39, 0.29) is 0 Å². The molecule has 1 N–H and O–H groups in total. The van der Waals surface area contributed by atoms with Crippen molar-refractivity contribution < 1.29 is 0 Å². The van der Waals surface area contributed by atoms with Crippen molar-refractivity contribution in [3.05, 3.63) is 35.9 Å². The van der Waals surface area contributed by atoms with E-state index in [0.29, 0.717) is 12.3 Å². The summed E-state index contributed by atoms with van der Waals surface area (Å²) in [7, 11) is 3.94. The fourth-order valence-electron chi connectivity index (χ4n) is 1.05. The van der Waals surface area contributed by atoms with Gasteiger partial charge in [0.05, 0.1) is 5.71 Å². The summed E-state index contributed by atoms with van der Waals surface area (Å²) >= 11 is 0. The van der Waals surface area contributed by atoms with E-state index in [9.17, 15) is 0 Å². The summed E-state index contributed by atoms with van der Waals surface area (Å²) < 4.78 is 0. The van der Waals surface area contributed by atoms with Crippen LogP contribution >= 0.6 is 0 Å². The standard InChI is InChI=1S/C10H14N2/c1-12(2)8-10(11)9-6-4-3-5-7-9/h3-7,11H,8H2,1-2H3. The van der Waals surface area contributed by atoms with Crippen molar-refractivity contribution in [3.8, 4) is 0 Å². The zero-order valence-corrected chi connectivity index (χ0v) is 7.54. The molecule has 0 atom stereocenters. The van der Waals surface area contributed by atoms with Crippen molar-refractivity contribution in [1.29, 1.82) is 5.41 Å². The van der Waals surface area contributed by atoms with Gasteiger partial charge in [0.15, 0.2) is 0 Å². The Hall–Kier alpha value is -1.15. The van der Waals surface area contributed by atoms with Crippen LogP contribution in [0.15, 0.2) is 30.3 Å². The van der Waals surface area contributed by atoms with Crippen LogP contribution < -0.4 is 0 Å². The van der Waals surface area contributed by atoms with E-state index >= 15 is 0 Å². The quantitative estimate of drug-likeness (QED) is 0.672. The molecule has 2 heteroatoms. The molecule has 0 heterocycles. The van der Waals surface area contributed by atoms with Gasteiger partial charge in [-0.15, -0.1) is 0 Å². The molecule has 0 spiro atoms. The summed E-state index contributed by atoms with van der Waals surface area (Å²) in [6, 6.07) is 9.81. The molecule has 0 aliphatic carbocycles. The Morgan fingerprint density at radius 3 is 2.33 bits per heavy atom. The molecule has 0 bridgehead atoms. The minimum atomic E-state index is 0.667. The maximum atomic E-state index is 7.72. The third-order valence-corrected chi connectivity index (χ3v) is 1.60. The van der Waals surface area contributed by atoms with Crippen molar-refractivity contribution in [2.75, 3.05) is 20.6 Å². The number of hydrogen-bond acceptors (Lipinski definition) is 2. The summed E-state index contributed by atoms with van der Waals surface area (Å²) in [6.07, 6.45) is 0. The van der Waals surface area contributed by atoms with E-state index in [1.54, 1.807) is 0 Å².